The van der Waals surface area contributed by atoms with Crippen LogP contribution in [0.2, 0.25) is 0 Å². The number of rotatable bonds is 9. The standard InChI is InChI=1S/C22H28INO4/c1-14(2)28-17-10-8-16(9-11-17)7-6-15(3)24-22(25)18-12-20(26-4)21(27-5)13-19(18)23/h8-15H,6-7H2,1-5H3,(H,24,25). The molecule has 0 saturated carbocycles. The first-order chi connectivity index (χ1) is 13.3. The summed E-state index contributed by atoms with van der Waals surface area (Å²) in [4.78, 5) is 12.7. The smallest absolute Gasteiger partial charge is 0.252 e. The predicted molar refractivity (Wildman–Crippen MR) is 120 cm³/mol. The van der Waals surface area contributed by atoms with E-state index in [4.69, 9.17) is 14.2 Å². The fourth-order valence-corrected chi connectivity index (χ4v) is 3.48. The molecule has 0 aliphatic rings. The Hall–Kier alpha value is -1.96. The molecule has 0 radical (unpaired) electrons. The topological polar surface area (TPSA) is 56.8 Å². The molecule has 1 N–H and O–H groups in total. The zero-order chi connectivity index (χ0) is 20.7. The molecule has 2 rings (SSSR count). The third-order valence-corrected chi connectivity index (χ3v) is 5.15. The number of hydrogen-bond acceptors (Lipinski definition) is 4. The summed E-state index contributed by atoms with van der Waals surface area (Å²) in [5, 5.41) is 3.07. The first-order valence-corrected chi connectivity index (χ1v) is 10.4. The molecule has 1 amide bonds. The third kappa shape index (κ3) is 6.29. The first kappa shape index (κ1) is 22.3. The van der Waals surface area contributed by atoms with Gasteiger partial charge in [-0.05, 0) is 86.0 Å². The van der Waals surface area contributed by atoms with E-state index in [1.807, 2.05) is 32.9 Å². The van der Waals surface area contributed by atoms with Crippen LogP contribution in [0, 0.1) is 3.57 Å². The number of ether oxygens (including phenoxy) is 3. The van der Waals surface area contributed by atoms with Crippen molar-refractivity contribution in [1.29, 1.82) is 0 Å². The van der Waals surface area contributed by atoms with Crippen LogP contribution in [0.25, 0.3) is 0 Å². The van der Waals surface area contributed by atoms with Crippen LogP contribution in [0.3, 0.4) is 0 Å². The van der Waals surface area contributed by atoms with Gasteiger partial charge in [0.2, 0.25) is 0 Å². The Balaban J connectivity index is 1.94. The molecule has 0 saturated heterocycles. The molecular formula is C22H28INO4. The minimum absolute atomic E-state index is 0.0444. The predicted octanol–water partition coefficient (Wildman–Crippen LogP) is 4.85. The number of hydrogen-bond donors (Lipinski definition) is 1. The second-order valence-corrected chi connectivity index (χ2v) is 8.07. The van der Waals surface area contributed by atoms with Gasteiger partial charge in [-0.3, -0.25) is 4.79 Å². The van der Waals surface area contributed by atoms with E-state index < -0.39 is 0 Å². The van der Waals surface area contributed by atoms with E-state index >= 15 is 0 Å². The van der Waals surface area contributed by atoms with Gasteiger partial charge >= 0.3 is 0 Å². The molecule has 152 valence electrons. The van der Waals surface area contributed by atoms with Crippen LogP contribution in [0.4, 0.5) is 0 Å². The van der Waals surface area contributed by atoms with E-state index in [1.165, 1.54) is 5.56 Å². The Morgan fingerprint density at radius 2 is 1.64 bits per heavy atom. The summed E-state index contributed by atoms with van der Waals surface area (Å²) in [6.45, 7) is 6.04. The van der Waals surface area contributed by atoms with Crippen LogP contribution in [-0.4, -0.2) is 32.3 Å². The number of nitrogens with one attached hydrogen (secondary N) is 1. The lowest BCUT2D eigenvalue weighted by Crippen LogP contribution is -2.33. The summed E-state index contributed by atoms with van der Waals surface area (Å²) in [6.07, 6.45) is 1.90. The van der Waals surface area contributed by atoms with Gasteiger partial charge in [0, 0.05) is 9.61 Å². The second-order valence-electron chi connectivity index (χ2n) is 6.91. The Kier molecular flexibility index (Phi) is 8.41. The Morgan fingerprint density at radius 1 is 1.04 bits per heavy atom. The zero-order valence-electron chi connectivity index (χ0n) is 17.0. The fraction of sp³-hybridized carbons (Fsp3) is 0.409. The van der Waals surface area contributed by atoms with Gasteiger partial charge in [-0.2, -0.15) is 0 Å². The van der Waals surface area contributed by atoms with Crippen molar-refractivity contribution in [2.75, 3.05) is 14.2 Å². The molecule has 28 heavy (non-hydrogen) atoms. The minimum atomic E-state index is -0.112. The van der Waals surface area contributed by atoms with Gasteiger partial charge < -0.3 is 19.5 Å². The molecule has 0 aliphatic carbocycles. The molecule has 0 fully saturated rings. The number of carbonyl (C=O) groups is 1. The highest BCUT2D eigenvalue weighted by Gasteiger charge is 2.17. The summed E-state index contributed by atoms with van der Waals surface area (Å²) >= 11 is 2.14. The number of amides is 1. The van der Waals surface area contributed by atoms with Crippen molar-refractivity contribution in [1.82, 2.24) is 5.32 Å². The molecular weight excluding hydrogens is 469 g/mol. The largest absolute Gasteiger partial charge is 0.493 e. The van der Waals surface area contributed by atoms with Gasteiger partial charge in [0.15, 0.2) is 11.5 Å². The van der Waals surface area contributed by atoms with Crippen molar-refractivity contribution in [2.45, 2.75) is 45.8 Å². The highest BCUT2D eigenvalue weighted by Crippen LogP contribution is 2.31. The average Bonchev–Trinajstić information content (AvgIpc) is 2.66. The zero-order valence-corrected chi connectivity index (χ0v) is 19.2. The van der Waals surface area contributed by atoms with Gasteiger partial charge in [-0.1, -0.05) is 12.1 Å². The quantitative estimate of drug-likeness (QED) is 0.504. The lowest BCUT2D eigenvalue weighted by atomic mass is 10.1. The molecule has 0 bridgehead atoms. The highest BCUT2D eigenvalue weighted by atomic mass is 127. The van der Waals surface area contributed by atoms with Gasteiger partial charge in [-0.15, -0.1) is 0 Å². The molecule has 1 atom stereocenters. The van der Waals surface area contributed by atoms with Crippen molar-refractivity contribution in [3.8, 4) is 17.2 Å². The van der Waals surface area contributed by atoms with E-state index in [9.17, 15) is 4.79 Å². The maximum Gasteiger partial charge on any atom is 0.252 e. The fourth-order valence-electron chi connectivity index (χ4n) is 2.79. The van der Waals surface area contributed by atoms with Crippen LogP contribution in [-0.2, 0) is 6.42 Å². The van der Waals surface area contributed by atoms with E-state index in [0.717, 1.165) is 22.2 Å². The SMILES string of the molecule is COc1cc(I)c(C(=O)NC(C)CCc2ccc(OC(C)C)cc2)cc1OC. The summed E-state index contributed by atoms with van der Waals surface area (Å²) in [7, 11) is 3.14. The minimum Gasteiger partial charge on any atom is -0.493 e. The molecule has 1 unspecified atom stereocenters. The number of halogens is 1. The third-order valence-electron chi connectivity index (χ3n) is 4.26. The van der Waals surface area contributed by atoms with Crippen molar-refractivity contribution >= 4 is 28.5 Å². The molecule has 0 aromatic heterocycles. The van der Waals surface area contributed by atoms with Gasteiger partial charge in [-0.25, -0.2) is 0 Å². The van der Waals surface area contributed by atoms with Crippen molar-refractivity contribution in [3.63, 3.8) is 0 Å². The number of aryl methyl sites for hydroxylation is 1. The summed E-state index contributed by atoms with van der Waals surface area (Å²) in [5.41, 5.74) is 1.80. The van der Waals surface area contributed by atoms with E-state index in [0.29, 0.717) is 17.1 Å². The highest BCUT2D eigenvalue weighted by molar-refractivity contribution is 14.1. The molecule has 2 aromatic rings. The normalized spacial score (nSPS) is 11.8. The molecule has 2 aromatic carbocycles. The van der Waals surface area contributed by atoms with Crippen LogP contribution in [0.1, 0.15) is 43.1 Å². The Bertz CT molecular complexity index is 790. The van der Waals surface area contributed by atoms with Gasteiger partial charge in [0.25, 0.3) is 5.91 Å². The first-order valence-electron chi connectivity index (χ1n) is 9.32. The van der Waals surface area contributed by atoms with Gasteiger partial charge in [0.05, 0.1) is 25.9 Å². The van der Waals surface area contributed by atoms with E-state index in [-0.39, 0.29) is 18.1 Å². The second kappa shape index (κ2) is 10.5. The maximum absolute atomic E-state index is 12.7. The maximum atomic E-state index is 12.7. The van der Waals surface area contributed by atoms with Crippen molar-refractivity contribution < 1.29 is 19.0 Å². The number of benzene rings is 2. The van der Waals surface area contributed by atoms with Crippen LogP contribution < -0.4 is 19.5 Å². The molecule has 0 heterocycles. The molecule has 0 spiro atoms. The van der Waals surface area contributed by atoms with Crippen LogP contribution in [0.15, 0.2) is 36.4 Å². The average molecular weight is 497 g/mol. The van der Waals surface area contributed by atoms with Gasteiger partial charge in [0.1, 0.15) is 5.75 Å². The van der Waals surface area contributed by atoms with E-state index in [2.05, 4.69) is 40.0 Å². The summed E-state index contributed by atoms with van der Waals surface area (Å²) in [5.74, 6) is 1.92. The monoisotopic (exact) mass is 497 g/mol. The van der Waals surface area contributed by atoms with E-state index in [1.54, 1.807) is 26.4 Å². The number of carbonyl (C=O) groups excluding carboxylic acids is 1. The van der Waals surface area contributed by atoms with Crippen LogP contribution in [0.5, 0.6) is 17.2 Å². The van der Waals surface area contributed by atoms with Crippen molar-refractivity contribution in [3.05, 3.63) is 51.1 Å². The Morgan fingerprint density at radius 3 is 2.21 bits per heavy atom. The molecule has 6 heteroatoms. The molecule has 5 nitrogen and oxygen atoms in total. The lowest BCUT2D eigenvalue weighted by molar-refractivity contribution is 0.0937. The Labute approximate surface area is 180 Å². The lowest BCUT2D eigenvalue weighted by Gasteiger charge is -2.16. The van der Waals surface area contributed by atoms with Crippen LogP contribution >= 0.6 is 22.6 Å². The molecule has 0 aliphatic heterocycles. The summed E-state index contributed by atoms with van der Waals surface area (Å²) < 4.78 is 17.1. The summed E-state index contributed by atoms with van der Waals surface area (Å²) in [6, 6.07) is 11.7. The van der Waals surface area contributed by atoms with Crippen molar-refractivity contribution in [2.24, 2.45) is 0 Å². The number of methoxy groups -OCH3 is 2.